The molecule has 0 fully saturated rings. The maximum Gasteiger partial charge on any atom is 0.330 e. The number of carbonyl (C=O) groups excluding carboxylic acids is 1. The summed E-state index contributed by atoms with van der Waals surface area (Å²) in [7, 11) is 3.36. The number of benzene rings is 2. The third kappa shape index (κ3) is 4.84. The molecule has 1 atom stereocenters. The van der Waals surface area contributed by atoms with E-state index < -0.39 is 0 Å². The van der Waals surface area contributed by atoms with Crippen molar-refractivity contribution in [2.75, 3.05) is 13.7 Å². The minimum atomic E-state index is -0.355. The Morgan fingerprint density at radius 1 is 1.28 bits per heavy atom. The summed E-state index contributed by atoms with van der Waals surface area (Å²) >= 11 is 0. The fourth-order valence-corrected chi connectivity index (χ4v) is 5.22. The van der Waals surface area contributed by atoms with Crippen molar-refractivity contribution in [2.24, 2.45) is 7.05 Å². The highest BCUT2D eigenvalue weighted by Gasteiger charge is 2.29. The number of halogens is 1. The average molecular weight is 487 g/mol. The average Bonchev–Trinajstić information content (AvgIpc) is 3.57. The number of aromatic nitrogens is 3. The largest absolute Gasteiger partial charge is 0.466 e. The number of fused-ring (bicyclic) bond motifs is 2. The van der Waals surface area contributed by atoms with Gasteiger partial charge in [0, 0.05) is 60.6 Å². The van der Waals surface area contributed by atoms with Crippen molar-refractivity contribution in [3.05, 3.63) is 94.2 Å². The van der Waals surface area contributed by atoms with Gasteiger partial charge in [0.2, 0.25) is 0 Å². The van der Waals surface area contributed by atoms with Crippen molar-refractivity contribution in [3.8, 4) is 0 Å². The molecule has 4 aromatic rings. The first-order valence-corrected chi connectivity index (χ1v) is 12.3. The highest BCUT2D eigenvalue weighted by Crippen LogP contribution is 2.38. The standard InChI is InChI=1S/C29H31FN4O2/c1-19-23(17-32-33(19)2)18-34(13-12-22-16-31-27-15-24(30)7-9-25(22)27)28-10-6-21-14-20(4-8-26(21)28)5-11-29(35)36-3/h4-5,7-9,11,14-17,28,31H,6,10,12-13,18H2,1-3H3. The smallest absolute Gasteiger partial charge is 0.330 e. The number of H-pyrrole nitrogens is 1. The molecule has 0 saturated heterocycles. The highest BCUT2D eigenvalue weighted by molar-refractivity contribution is 5.87. The number of methoxy groups -OCH3 is 1. The van der Waals surface area contributed by atoms with E-state index in [-0.39, 0.29) is 11.8 Å². The maximum atomic E-state index is 13.7. The van der Waals surface area contributed by atoms with Crippen LogP contribution in [0.4, 0.5) is 4.39 Å². The molecule has 1 aliphatic carbocycles. The summed E-state index contributed by atoms with van der Waals surface area (Å²) in [4.78, 5) is 17.3. The van der Waals surface area contributed by atoms with E-state index >= 15 is 0 Å². The fraction of sp³-hybridized carbons (Fsp3) is 0.310. The Balaban J connectivity index is 1.41. The lowest BCUT2D eigenvalue weighted by atomic mass is 10.0. The summed E-state index contributed by atoms with van der Waals surface area (Å²) in [6.07, 6.45) is 10.1. The summed E-state index contributed by atoms with van der Waals surface area (Å²) in [5.41, 5.74) is 8.09. The van der Waals surface area contributed by atoms with Gasteiger partial charge in [0.05, 0.1) is 13.3 Å². The van der Waals surface area contributed by atoms with Gasteiger partial charge in [-0.2, -0.15) is 5.10 Å². The van der Waals surface area contributed by atoms with Crippen LogP contribution in [0.5, 0.6) is 0 Å². The molecule has 0 amide bonds. The van der Waals surface area contributed by atoms with Gasteiger partial charge < -0.3 is 9.72 Å². The van der Waals surface area contributed by atoms with Crippen LogP contribution >= 0.6 is 0 Å². The number of hydrogen-bond acceptors (Lipinski definition) is 4. The summed E-state index contributed by atoms with van der Waals surface area (Å²) in [6, 6.07) is 11.7. The zero-order valence-corrected chi connectivity index (χ0v) is 20.9. The molecule has 1 unspecified atom stereocenters. The van der Waals surface area contributed by atoms with E-state index in [2.05, 4.69) is 40.1 Å². The van der Waals surface area contributed by atoms with Crippen LogP contribution in [0, 0.1) is 12.7 Å². The van der Waals surface area contributed by atoms with Crippen LogP contribution in [-0.2, 0) is 36.0 Å². The minimum absolute atomic E-state index is 0.229. The van der Waals surface area contributed by atoms with E-state index in [1.165, 1.54) is 47.2 Å². The van der Waals surface area contributed by atoms with Gasteiger partial charge in [-0.1, -0.05) is 18.2 Å². The molecule has 1 aliphatic rings. The summed E-state index contributed by atoms with van der Waals surface area (Å²) < 4.78 is 20.3. The van der Waals surface area contributed by atoms with Gasteiger partial charge in [-0.05, 0) is 72.7 Å². The predicted octanol–water partition coefficient (Wildman–Crippen LogP) is 5.27. The van der Waals surface area contributed by atoms with Gasteiger partial charge in [-0.15, -0.1) is 0 Å². The monoisotopic (exact) mass is 486 g/mol. The van der Waals surface area contributed by atoms with Crippen LogP contribution in [0.25, 0.3) is 17.0 Å². The fourth-order valence-electron chi connectivity index (χ4n) is 5.22. The lowest BCUT2D eigenvalue weighted by Gasteiger charge is -2.30. The zero-order valence-electron chi connectivity index (χ0n) is 20.9. The van der Waals surface area contributed by atoms with Crippen molar-refractivity contribution in [1.29, 1.82) is 0 Å². The number of nitrogens with one attached hydrogen (secondary N) is 1. The van der Waals surface area contributed by atoms with Crippen molar-refractivity contribution in [2.45, 2.75) is 38.8 Å². The number of hydrogen-bond donors (Lipinski definition) is 1. The lowest BCUT2D eigenvalue weighted by Crippen LogP contribution is -2.29. The van der Waals surface area contributed by atoms with Gasteiger partial charge in [-0.3, -0.25) is 9.58 Å². The Labute approximate surface area is 210 Å². The van der Waals surface area contributed by atoms with E-state index in [9.17, 15) is 9.18 Å². The quantitative estimate of drug-likeness (QED) is 0.272. The highest BCUT2D eigenvalue weighted by atomic mass is 19.1. The van der Waals surface area contributed by atoms with Crippen LogP contribution < -0.4 is 0 Å². The van der Waals surface area contributed by atoms with E-state index in [1.54, 1.807) is 12.1 Å². The normalized spacial score (nSPS) is 15.3. The molecule has 2 aromatic heterocycles. The Morgan fingerprint density at radius 3 is 2.92 bits per heavy atom. The third-order valence-electron chi connectivity index (χ3n) is 7.38. The lowest BCUT2D eigenvalue weighted by molar-refractivity contribution is -0.134. The summed E-state index contributed by atoms with van der Waals surface area (Å²) in [5, 5.41) is 5.53. The van der Waals surface area contributed by atoms with E-state index in [0.717, 1.165) is 48.8 Å². The molecule has 0 saturated carbocycles. The van der Waals surface area contributed by atoms with Gasteiger partial charge in [-0.25, -0.2) is 9.18 Å². The zero-order chi connectivity index (χ0) is 25.2. The summed E-state index contributed by atoms with van der Waals surface area (Å²) in [6.45, 7) is 3.79. The molecule has 7 heteroatoms. The van der Waals surface area contributed by atoms with Gasteiger partial charge in [0.25, 0.3) is 0 Å². The first-order chi connectivity index (χ1) is 17.4. The van der Waals surface area contributed by atoms with Crippen LogP contribution in [0.3, 0.4) is 0 Å². The maximum absolute atomic E-state index is 13.7. The second kappa shape index (κ2) is 10.1. The minimum Gasteiger partial charge on any atom is -0.466 e. The number of ether oxygens (including phenoxy) is 1. The van der Waals surface area contributed by atoms with Gasteiger partial charge >= 0.3 is 5.97 Å². The molecule has 5 rings (SSSR count). The second-order valence-corrected chi connectivity index (χ2v) is 9.47. The van der Waals surface area contributed by atoms with Crippen LogP contribution in [0.15, 0.2) is 54.9 Å². The Morgan fingerprint density at radius 2 is 2.14 bits per heavy atom. The predicted molar refractivity (Wildman–Crippen MR) is 139 cm³/mol. The molecule has 2 heterocycles. The van der Waals surface area contributed by atoms with Crippen LogP contribution in [-0.4, -0.2) is 39.3 Å². The van der Waals surface area contributed by atoms with Crippen molar-refractivity contribution in [1.82, 2.24) is 19.7 Å². The topological polar surface area (TPSA) is 63.1 Å². The SMILES string of the molecule is COC(=O)C=Cc1ccc2c(c1)CCC2N(CCc1c[nH]c2cc(F)ccc12)Cc1cnn(C)c1C. The third-order valence-corrected chi connectivity index (χ3v) is 7.38. The first-order valence-electron chi connectivity index (χ1n) is 12.3. The van der Waals surface area contributed by atoms with Crippen LogP contribution in [0.1, 0.15) is 46.0 Å². The molecule has 36 heavy (non-hydrogen) atoms. The molecular formula is C29H31FN4O2. The van der Waals surface area contributed by atoms with Crippen molar-refractivity contribution >= 4 is 22.9 Å². The van der Waals surface area contributed by atoms with E-state index in [1.807, 2.05) is 30.2 Å². The van der Waals surface area contributed by atoms with Crippen molar-refractivity contribution < 1.29 is 13.9 Å². The number of carbonyl (C=O) groups is 1. The van der Waals surface area contributed by atoms with E-state index in [0.29, 0.717) is 6.04 Å². The van der Waals surface area contributed by atoms with Gasteiger partial charge in [0.15, 0.2) is 0 Å². The number of nitrogens with zero attached hydrogens (tertiary/aromatic N) is 3. The van der Waals surface area contributed by atoms with Gasteiger partial charge in [0.1, 0.15) is 5.82 Å². The number of rotatable bonds is 8. The molecule has 0 spiro atoms. The summed E-state index contributed by atoms with van der Waals surface area (Å²) in [5.74, 6) is -0.584. The Hall–Kier alpha value is -3.71. The number of aryl methyl sites for hydroxylation is 2. The van der Waals surface area contributed by atoms with E-state index in [4.69, 9.17) is 4.74 Å². The second-order valence-electron chi connectivity index (χ2n) is 9.47. The number of aromatic amines is 1. The molecule has 6 nitrogen and oxygen atoms in total. The molecular weight excluding hydrogens is 455 g/mol. The molecule has 0 bridgehead atoms. The Bertz CT molecular complexity index is 1430. The molecule has 2 aromatic carbocycles. The molecule has 0 radical (unpaired) electrons. The first kappa shape index (κ1) is 24.0. The van der Waals surface area contributed by atoms with Crippen LogP contribution in [0.2, 0.25) is 0 Å². The number of esters is 1. The van der Waals surface area contributed by atoms with Crippen molar-refractivity contribution in [3.63, 3.8) is 0 Å². The molecule has 186 valence electrons. The molecule has 0 aliphatic heterocycles. The Kier molecular flexibility index (Phi) is 6.74. The molecule has 1 N–H and O–H groups in total.